The summed E-state index contributed by atoms with van der Waals surface area (Å²) in [5.74, 6) is -0.865. The fraction of sp³-hybridized carbons (Fsp3) is 0.967. The molecule has 2 amide bonds. The average molecular weight is 568 g/mol. The maximum absolute atomic E-state index is 16.4. The number of rotatable bonds is 2. The maximum Gasteiger partial charge on any atom is 0.320 e. The van der Waals surface area contributed by atoms with Crippen LogP contribution >= 0.6 is 0 Å². The molecule has 228 valence electrons. The van der Waals surface area contributed by atoms with Gasteiger partial charge in [-0.3, -0.25) is 10.2 Å². The van der Waals surface area contributed by atoms with Crippen LogP contribution in [0, 0.1) is 29.6 Å². The Labute approximate surface area is 238 Å². The van der Waals surface area contributed by atoms with E-state index in [9.17, 15) is 9.90 Å². The summed E-state index contributed by atoms with van der Waals surface area (Å²) in [5, 5.41) is 21.8. The van der Waals surface area contributed by atoms with Crippen molar-refractivity contribution >= 4 is 6.03 Å². The molecule has 12 unspecified atom stereocenters. The molecule has 5 saturated heterocycles. The number of urea groups is 1. The Bertz CT molecular complexity index is 899. The molecule has 0 radical (unpaired) electrons. The molecule has 6 fully saturated rings. The summed E-state index contributed by atoms with van der Waals surface area (Å²) in [6.07, 6.45) is 2.57. The van der Waals surface area contributed by atoms with Gasteiger partial charge in [0.25, 0.3) is 0 Å². The fourth-order valence-electron chi connectivity index (χ4n) is 9.37. The first-order valence-corrected chi connectivity index (χ1v) is 16.2. The van der Waals surface area contributed by atoms with Crippen LogP contribution in [-0.4, -0.2) is 95.8 Å². The number of carbonyl (C=O) groups excluding carboxylic acids is 1. The minimum atomic E-state index is -1.28. The second-order valence-electron chi connectivity index (χ2n) is 13.9. The van der Waals surface area contributed by atoms with E-state index in [4.69, 9.17) is 4.74 Å². The Morgan fingerprint density at radius 2 is 1.82 bits per heavy atom. The first-order valence-electron chi connectivity index (χ1n) is 16.2. The highest BCUT2D eigenvalue weighted by molar-refractivity contribution is 5.76. The van der Waals surface area contributed by atoms with Crippen LogP contribution < -0.4 is 16.0 Å². The predicted octanol–water partition coefficient (Wildman–Crippen LogP) is 3.35. The molecule has 6 rings (SSSR count). The second-order valence-corrected chi connectivity index (χ2v) is 13.9. The number of piperidine rings is 3. The van der Waals surface area contributed by atoms with E-state index < -0.39 is 42.7 Å². The van der Waals surface area contributed by atoms with Crippen LogP contribution in [-0.2, 0) is 4.74 Å². The number of nitrogens with one attached hydrogen (secondary N) is 3. The van der Waals surface area contributed by atoms with Gasteiger partial charge in [-0.1, -0.05) is 26.7 Å². The Morgan fingerprint density at radius 3 is 2.60 bits per heavy atom. The van der Waals surface area contributed by atoms with Crippen molar-refractivity contribution in [3.63, 3.8) is 0 Å². The SMILES string of the molecule is CC(C)C1NCCC2CCOC(O)C3CCCC(F)C3C3NC4C(CC3F)C(N3CCCC[C@@H]3C)NC(=O)N4C21. The van der Waals surface area contributed by atoms with Crippen molar-refractivity contribution in [1.82, 2.24) is 25.8 Å². The highest BCUT2D eigenvalue weighted by Gasteiger charge is 2.57. The monoisotopic (exact) mass is 567 g/mol. The van der Waals surface area contributed by atoms with Gasteiger partial charge in [0.05, 0.1) is 25.0 Å². The third-order valence-electron chi connectivity index (χ3n) is 11.4. The molecule has 8 nitrogen and oxygen atoms in total. The number of likely N-dealkylation sites (tertiary alicyclic amines) is 1. The summed E-state index contributed by atoms with van der Waals surface area (Å²) >= 11 is 0. The van der Waals surface area contributed by atoms with Crippen molar-refractivity contribution in [3.8, 4) is 0 Å². The van der Waals surface area contributed by atoms with Crippen molar-refractivity contribution in [1.29, 1.82) is 0 Å². The van der Waals surface area contributed by atoms with Crippen LogP contribution in [0.25, 0.3) is 0 Å². The first kappa shape index (κ1) is 29.0. The van der Waals surface area contributed by atoms with Gasteiger partial charge < -0.3 is 25.4 Å². The van der Waals surface area contributed by atoms with Gasteiger partial charge in [-0.2, -0.15) is 0 Å². The Morgan fingerprint density at radius 1 is 1.00 bits per heavy atom. The Hall–Kier alpha value is -1.07. The summed E-state index contributed by atoms with van der Waals surface area (Å²) in [6, 6.07) is -0.617. The number of amides is 2. The first-order chi connectivity index (χ1) is 19.3. The molecule has 0 aromatic heterocycles. The number of hydrogen-bond donors (Lipinski definition) is 4. The molecule has 6 aliphatic rings. The molecule has 10 heteroatoms. The van der Waals surface area contributed by atoms with Gasteiger partial charge in [0, 0.05) is 42.4 Å². The molecular weight excluding hydrogens is 516 g/mol. The number of alkyl halides is 2. The van der Waals surface area contributed by atoms with Crippen molar-refractivity contribution < 1.29 is 23.4 Å². The van der Waals surface area contributed by atoms with E-state index in [1.807, 2.05) is 4.90 Å². The second kappa shape index (κ2) is 11.9. The fourth-order valence-corrected chi connectivity index (χ4v) is 9.37. The van der Waals surface area contributed by atoms with Crippen LogP contribution in [0.5, 0.6) is 0 Å². The molecule has 0 aromatic carbocycles. The molecule has 4 N–H and O–H groups in total. The van der Waals surface area contributed by atoms with E-state index in [-0.39, 0.29) is 48.5 Å². The predicted molar refractivity (Wildman–Crippen MR) is 149 cm³/mol. The van der Waals surface area contributed by atoms with Gasteiger partial charge in [0.1, 0.15) is 12.3 Å². The third-order valence-corrected chi connectivity index (χ3v) is 11.4. The van der Waals surface area contributed by atoms with Crippen molar-refractivity contribution in [2.45, 2.75) is 134 Å². The highest BCUT2D eigenvalue weighted by atomic mass is 19.1. The summed E-state index contributed by atoms with van der Waals surface area (Å²) in [5.41, 5.74) is 0. The molecule has 1 aliphatic carbocycles. The zero-order valence-electron chi connectivity index (χ0n) is 24.5. The van der Waals surface area contributed by atoms with E-state index in [0.29, 0.717) is 38.3 Å². The van der Waals surface area contributed by atoms with E-state index in [1.54, 1.807) is 0 Å². The average Bonchev–Trinajstić information content (AvgIpc) is 2.92. The molecule has 2 bridgehead atoms. The lowest BCUT2D eigenvalue weighted by atomic mass is 9.69. The number of carbonyl (C=O) groups is 1. The molecule has 13 atom stereocenters. The van der Waals surface area contributed by atoms with E-state index >= 15 is 8.78 Å². The molecule has 40 heavy (non-hydrogen) atoms. The zero-order valence-corrected chi connectivity index (χ0v) is 24.5. The molecule has 5 heterocycles. The van der Waals surface area contributed by atoms with Gasteiger partial charge in [-0.15, -0.1) is 0 Å². The van der Waals surface area contributed by atoms with Gasteiger partial charge in [-0.05, 0) is 70.3 Å². The van der Waals surface area contributed by atoms with Crippen LogP contribution in [0.2, 0.25) is 0 Å². The number of aliphatic hydroxyl groups excluding tert-OH is 1. The van der Waals surface area contributed by atoms with Crippen LogP contribution in [0.1, 0.15) is 78.6 Å². The molecular formula is C30H51F2N5O3. The largest absolute Gasteiger partial charge is 0.368 e. The molecule has 1 saturated carbocycles. The van der Waals surface area contributed by atoms with Gasteiger partial charge in [-0.25, -0.2) is 13.6 Å². The lowest BCUT2D eigenvalue weighted by Gasteiger charge is -2.60. The standard InChI is InChI=1S/C30H51F2N5O3/c1-16(2)24-26-18(10-12-33-24)11-14-40-29(38)19-8-6-9-21(31)23(19)25-22(32)15-20-27(36-13-5-4-7-17(36)3)35-30(39)37(26)28(20)34-25/h16-29,33-34,38H,4-15H2,1-3H3,(H,35,39)/t17-,18?,19?,20?,21?,22?,23?,24?,25?,26?,27?,28?,29?/m0/s1. The number of nitrogens with zero attached hydrogens (tertiary/aromatic N) is 2. The minimum absolute atomic E-state index is 0.0724. The lowest BCUT2D eigenvalue weighted by Crippen LogP contribution is -2.79. The maximum atomic E-state index is 16.4. The van der Waals surface area contributed by atoms with Crippen LogP contribution in [0.4, 0.5) is 13.6 Å². The topological polar surface area (TPSA) is 89.1 Å². The van der Waals surface area contributed by atoms with Gasteiger partial charge >= 0.3 is 6.03 Å². The van der Waals surface area contributed by atoms with E-state index in [0.717, 1.165) is 32.4 Å². The number of fused-ring (bicyclic) bond motifs is 5. The Balaban J connectivity index is 1.42. The van der Waals surface area contributed by atoms with Crippen molar-refractivity contribution in [2.75, 3.05) is 19.7 Å². The summed E-state index contributed by atoms with van der Waals surface area (Å²) < 4.78 is 38.1. The van der Waals surface area contributed by atoms with Gasteiger partial charge in [0.15, 0.2) is 6.29 Å². The minimum Gasteiger partial charge on any atom is -0.368 e. The number of aliphatic hydroxyl groups is 1. The molecule has 5 aliphatic heterocycles. The normalized spacial score (nSPS) is 48.8. The molecule has 0 aromatic rings. The van der Waals surface area contributed by atoms with Crippen molar-refractivity contribution in [3.05, 3.63) is 0 Å². The summed E-state index contributed by atoms with van der Waals surface area (Å²) in [7, 11) is 0. The number of halogens is 2. The summed E-state index contributed by atoms with van der Waals surface area (Å²) in [4.78, 5) is 18.6. The number of hydrogen-bond acceptors (Lipinski definition) is 6. The van der Waals surface area contributed by atoms with E-state index in [1.165, 1.54) is 6.42 Å². The number of ether oxygens (including phenoxy) is 1. The quantitative estimate of drug-likeness (QED) is 0.410. The Kier molecular flexibility index (Phi) is 8.63. The molecule has 0 spiro atoms. The van der Waals surface area contributed by atoms with Crippen molar-refractivity contribution in [2.24, 2.45) is 29.6 Å². The van der Waals surface area contributed by atoms with Gasteiger partial charge in [0.2, 0.25) is 0 Å². The third kappa shape index (κ3) is 5.18. The smallest absolute Gasteiger partial charge is 0.320 e. The van der Waals surface area contributed by atoms with E-state index in [2.05, 4.69) is 41.6 Å². The zero-order chi connectivity index (χ0) is 28.1. The van der Waals surface area contributed by atoms with Crippen LogP contribution in [0.3, 0.4) is 0 Å². The lowest BCUT2D eigenvalue weighted by molar-refractivity contribution is -0.181. The van der Waals surface area contributed by atoms with Crippen LogP contribution in [0.15, 0.2) is 0 Å². The summed E-state index contributed by atoms with van der Waals surface area (Å²) in [6.45, 7) is 8.68. The highest BCUT2D eigenvalue weighted by Crippen LogP contribution is 2.45.